The lowest BCUT2D eigenvalue weighted by Crippen LogP contribution is -2.42. The number of methoxy groups -OCH3 is 1. The number of likely N-dealkylation sites (tertiary alicyclic amines) is 1. The first-order valence-corrected chi connectivity index (χ1v) is 7.33. The van der Waals surface area contributed by atoms with Crippen molar-refractivity contribution in [3.8, 4) is 0 Å². The molecule has 1 rings (SSSR count). The normalized spacial score (nSPS) is 19.3. The molecule has 0 radical (unpaired) electrons. The van der Waals surface area contributed by atoms with Crippen molar-refractivity contribution in [3.63, 3.8) is 0 Å². The molecule has 0 aromatic carbocycles. The molecule has 1 heterocycles. The third-order valence-electron chi connectivity index (χ3n) is 3.37. The zero-order valence-electron chi connectivity index (χ0n) is 12.6. The SMILES string of the molecule is COCC(C)NC(=O)CNCC(C)CN1CCCC1. The Morgan fingerprint density at radius 1 is 1.32 bits per heavy atom. The quantitative estimate of drug-likeness (QED) is 0.640. The number of hydrogen-bond acceptors (Lipinski definition) is 4. The maximum atomic E-state index is 11.6. The summed E-state index contributed by atoms with van der Waals surface area (Å²) in [4.78, 5) is 14.1. The lowest BCUT2D eigenvalue weighted by molar-refractivity contribution is -0.121. The van der Waals surface area contributed by atoms with Gasteiger partial charge < -0.3 is 20.3 Å². The summed E-state index contributed by atoms with van der Waals surface area (Å²) in [5.74, 6) is 0.625. The zero-order valence-corrected chi connectivity index (χ0v) is 12.6. The monoisotopic (exact) mass is 271 g/mol. The Morgan fingerprint density at radius 3 is 2.63 bits per heavy atom. The Balaban J connectivity index is 2.03. The van der Waals surface area contributed by atoms with Crippen LogP contribution in [0.4, 0.5) is 0 Å². The highest BCUT2D eigenvalue weighted by molar-refractivity contribution is 5.78. The van der Waals surface area contributed by atoms with E-state index in [0.717, 1.165) is 13.1 Å². The molecule has 1 aliphatic rings. The van der Waals surface area contributed by atoms with Crippen LogP contribution in [-0.4, -0.2) is 63.3 Å². The van der Waals surface area contributed by atoms with E-state index in [1.807, 2.05) is 6.92 Å². The molecule has 1 fully saturated rings. The molecule has 0 aromatic rings. The minimum Gasteiger partial charge on any atom is -0.383 e. The van der Waals surface area contributed by atoms with Crippen LogP contribution >= 0.6 is 0 Å². The third-order valence-corrected chi connectivity index (χ3v) is 3.37. The van der Waals surface area contributed by atoms with Crippen LogP contribution in [0.25, 0.3) is 0 Å². The minimum atomic E-state index is 0.0397. The molecule has 5 heteroatoms. The largest absolute Gasteiger partial charge is 0.383 e. The van der Waals surface area contributed by atoms with Crippen molar-refractivity contribution in [1.29, 1.82) is 0 Å². The highest BCUT2D eigenvalue weighted by Crippen LogP contribution is 2.09. The summed E-state index contributed by atoms with van der Waals surface area (Å²) >= 11 is 0. The van der Waals surface area contributed by atoms with E-state index in [2.05, 4.69) is 22.5 Å². The molecule has 0 spiro atoms. The Morgan fingerprint density at radius 2 is 2.00 bits per heavy atom. The van der Waals surface area contributed by atoms with Crippen molar-refractivity contribution in [2.24, 2.45) is 5.92 Å². The van der Waals surface area contributed by atoms with Crippen molar-refractivity contribution in [3.05, 3.63) is 0 Å². The van der Waals surface area contributed by atoms with Crippen molar-refractivity contribution in [2.45, 2.75) is 32.7 Å². The molecule has 1 saturated heterocycles. The number of hydrogen-bond donors (Lipinski definition) is 2. The van der Waals surface area contributed by atoms with Gasteiger partial charge in [-0.1, -0.05) is 6.92 Å². The number of nitrogens with one attached hydrogen (secondary N) is 2. The molecule has 0 aromatic heterocycles. The van der Waals surface area contributed by atoms with Crippen LogP contribution in [0.3, 0.4) is 0 Å². The van der Waals surface area contributed by atoms with Gasteiger partial charge in [0.25, 0.3) is 0 Å². The first kappa shape index (κ1) is 16.4. The van der Waals surface area contributed by atoms with Gasteiger partial charge in [0.1, 0.15) is 0 Å². The van der Waals surface area contributed by atoms with E-state index in [-0.39, 0.29) is 11.9 Å². The maximum absolute atomic E-state index is 11.6. The van der Waals surface area contributed by atoms with Gasteiger partial charge in [-0.25, -0.2) is 0 Å². The van der Waals surface area contributed by atoms with E-state index in [9.17, 15) is 4.79 Å². The van der Waals surface area contributed by atoms with E-state index in [1.165, 1.54) is 25.9 Å². The van der Waals surface area contributed by atoms with Gasteiger partial charge in [0.05, 0.1) is 13.2 Å². The van der Waals surface area contributed by atoms with Crippen LogP contribution in [0.5, 0.6) is 0 Å². The fourth-order valence-corrected chi connectivity index (χ4v) is 2.52. The minimum absolute atomic E-state index is 0.0397. The Hall–Kier alpha value is -0.650. The van der Waals surface area contributed by atoms with Gasteiger partial charge in [0.2, 0.25) is 5.91 Å². The van der Waals surface area contributed by atoms with Gasteiger partial charge in [0.15, 0.2) is 0 Å². The predicted octanol–water partition coefficient (Wildman–Crippen LogP) is 0.459. The average Bonchev–Trinajstić information content (AvgIpc) is 2.81. The van der Waals surface area contributed by atoms with E-state index in [1.54, 1.807) is 7.11 Å². The fraction of sp³-hybridized carbons (Fsp3) is 0.929. The van der Waals surface area contributed by atoms with Crippen molar-refractivity contribution in [2.75, 3.05) is 46.4 Å². The van der Waals surface area contributed by atoms with Gasteiger partial charge >= 0.3 is 0 Å². The first-order valence-electron chi connectivity index (χ1n) is 7.33. The molecule has 112 valence electrons. The highest BCUT2D eigenvalue weighted by Gasteiger charge is 2.14. The summed E-state index contributed by atoms with van der Waals surface area (Å²) in [6.07, 6.45) is 2.67. The van der Waals surface area contributed by atoms with E-state index in [0.29, 0.717) is 19.1 Å². The van der Waals surface area contributed by atoms with E-state index >= 15 is 0 Å². The highest BCUT2D eigenvalue weighted by atomic mass is 16.5. The number of rotatable bonds is 9. The fourth-order valence-electron chi connectivity index (χ4n) is 2.52. The van der Waals surface area contributed by atoms with Gasteiger partial charge in [-0.05, 0) is 45.3 Å². The summed E-state index contributed by atoms with van der Waals surface area (Å²) in [5.41, 5.74) is 0. The van der Waals surface area contributed by atoms with Crippen molar-refractivity contribution < 1.29 is 9.53 Å². The molecule has 0 aliphatic carbocycles. The Kier molecular flexibility index (Phi) is 8.02. The second-order valence-corrected chi connectivity index (χ2v) is 5.67. The average molecular weight is 271 g/mol. The van der Waals surface area contributed by atoms with Gasteiger partial charge in [-0.3, -0.25) is 4.79 Å². The second-order valence-electron chi connectivity index (χ2n) is 5.67. The molecule has 1 amide bonds. The molecule has 1 aliphatic heterocycles. The Labute approximate surface area is 117 Å². The van der Waals surface area contributed by atoms with Crippen molar-refractivity contribution >= 4 is 5.91 Å². The van der Waals surface area contributed by atoms with Crippen LogP contribution in [-0.2, 0) is 9.53 Å². The van der Waals surface area contributed by atoms with Crippen LogP contribution in [0.15, 0.2) is 0 Å². The van der Waals surface area contributed by atoms with E-state index in [4.69, 9.17) is 4.74 Å². The Bertz CT molecular complexity index is 255. The van der Waals surface area contributed by atoms with Gasteiger partial charge in [-0.2, -0.15) is 0 Å². The van der Waals surface area contributed by atoms with Gasteiger partial charge in [0, 0.05) is 19.7 Å². The lowest BCUT2D eigenvalue weighted by Gasteiger charge is -2.20. The standard InChI is InChI=1S/C14H29N3O2/c1-12(10-17-6-4-5-7-17)8-15-9-14(18)16-13(2)11-19-3/h12-13,15H,4-11H2,1-3H3,(H,16,18). The predicted molar refractivity (Wildman–Crippen MR) is 77.2 cm³/mol. The summed E-state index contributed by atoms with van der Waals surface area (Å²) < 4.78 is 4.98. The van der Waals surface area contributed by atoms with Gasteiger partial charge in [-0.15, -0.1) is 0 Å². The van der Waals surface area contributed by atoms with Crippen molar-refractivity contribution in [1.82, 2.24) is 15.5 Å². The van der Waals surface area contributed by atoms with Crippen LogP contribution in [0.2, 0.25) is 0 Å². The molecular weight excluding hydrogens is 242 g/mol. The summed E-state index contributed by atoms with van der Waals surface area (Å²) in [5, 5.41) is 6.12. The number of carbonyl (C=O) groups excluding carboxylic acids is 1. The number of amides is 1. The summed E-state index contributed by atoms with van der Waals surface area (Å²) in [7, 11) is 1.64. The lowest BCUT2D eigenvalue weighted by atomic mass is 10.1. The molecule has 0 saturated carbocycles. The van der Waals surface area contributed by atoms with Crippen LogP contribution in [0, 0.1) is 5.92 Å². The molecular formula is C14H29N3O2. The third kappa shape index (κ3) is 7.50. The van der Waals surface area contributed by atoms with E-state index < -0.39 is 0 Å². The molecule has 0 bridgehead atoms. The second kappa shape index (κ2) is 9.28. The number of carbonyl (C=O) groups is 1. The molecule has 2 N–H and O–H groups in total. The van der Waals surface area contributed by atoms with Crippen LogP contribution < -0.4 is 10.6 Å². The number of ether oxygens (including phenoxy) is 1. The maximum Gasteiger partial charge on any atom is 0.234 e. The first-order chi connectivity index (χ1) is 9.11. The molecule has 19 heavy (non-hydrogen) atoms. The topological polar surface area (TPSA) is 53.6 Å². The number of nitrogens with zero attached hydrogens (tertiary/aromatic N) is 1. The van der Waals surface area contributed by atoms with Crippen LogP contribution in [0.1, 0.15) is 26.7 Å². The summed E-state index contributed by atoms with van der Waals surface area (Å²) in [6.45, 7) is 9.61. The summed E-state index contributed by atoms with van der Waals surface area (Å²) in [6, 6.07) is 0.0707. The molecule has 2 atom stereocenters. The smallest absolute Gasteiger partial charge is 0.234 e. The molecule has 2 unspecified atom stereocenters. The zero-order chi connectivity index (χ0) is 14.1. The molecule has 5 nitrogen and oxygen atoms in total.